The van der Waals surface area contributed by atoms with E-state index in [0.717, 1.165) is 61.8 Å². The number of hydrogen-bond acceptors (Lipinski definition) is 7. The summed E-state index contributed by atoms with van der Waals surface area (Å²) in [6.07, 6.45) is 3.75. The largest absolute Gasteiger partial charge is 0.393 e. The third kappa shape index (κ3) is 5.96. The van der Waals surface area contributed by atoms with Crippen molar-refractivity contribution in [2.24, 2.45) is 5.73 Å². The Morgan fingerprint density at radius 3 is 2.65 bits per heavy atom. The summed E-state index contributed by atoms with van der Waals surface area (Å²) < 4.78 is 28.5. The third-order valence-corrected chi connectivity index (χ3v) is 7.64. The van der Waals surface area contributed by atoms with Gasteiger partial charge >= 0.3 is 0 Å². The van der Waals surface area contributed by atoms with E-state index in [9.17, 15) is 13.6 Å². The molecule has 1 atom stereocenters. The zero-order valence-electron chi connectivity index (χ0n) is 21.7. The maximum atomic E-state index is 14.2. The van der Waals surface area contributed by atoms with E-state index in [-0.39, 0.29) is 11.5 Å². The number of nitrogens with one attached hydrogen (secondary N) is 4. The number of amides is 1. The van der Waals surface area contributed by atoms with Gasteiger partial charge in [0.25, 0.3) is 6.43 Å². The number of piperidine rings is 1. The lowest BCUT2D eigenvalue weighted by molar-refractivity contribution is -0.128. The summed E-state index contributed by atoms with van der Waals surface area (Å²) in [6.45, 7) is 5.20. The molecule has 3 aliphatic rings. The molecule has 0 aliphatic carbocycles. The molecule has 0 radical (unpaired) electrons. The summed E-state index contributed by atoms with van der Waals surface area (Å²) >= 11 is 0. The minimum atomic E-state index is -2.69. The molecule has 8 nitrogen and oxygen atoms in total. The number of rotatable bonds is 8. The van der Waals surface area contributed by atoms with Crippen molar-refractivity contribution >= 4 is 23.4 Å². The second-order valence-corrected chi connectivity index (χ2v) is 10.0. The van der Waals surface area contributed by atoms with Gasteiger partial charge in [-0.2, -0.15) is 0 Å². The van der Waals surface area contributed by atoms with Gasteiger partial charge in [0.2, 0.25) is 5.91 Å². The van der Waals surface area contributed by atoms with E-state index in [1.165, 1.54) is 0 Å². The number of allylic oxidation sites excluding steroid dienone is 1. The van der Waals surface area contributed by atoms with E-state index in [0.29, 0.717) is 48.9 Å². The molecule has 1 unspecified atom stereocenters. The molecule has 1 aromatic carbocycles. The lowest BCUT2D eigenvalue weighted by Gasteiger charge is -2.42. The van der Waals surface area contributed by atoms with Crippen LogP contribution in [-0.2, 0) is 11.2 Å². The monoisotopic (exact) mass is 515 g/mol. The van der Waals surface area contributed by atoms with Crippen LogP contribution in [-0.4, -0.2) is 69.0 Å². The topological polar surface area (TPSA) is 110 Å². The van der Waals surface area contributed by atoms with Crippen LogP contribution in [0.1, 0.15) is 55.7 Å². The zero-order chi connectivity index (χ0) is 26.5. The van der Waals surface area contributed by atoms with Crippen molar-refractivity contribution in [2.75, 3.05) is 44.7 Å². The number of fused-ring (bicyclic) bond motifs is 1. The van der Waals surface area contributed by atoms with Gasteiger partial charge in [0.15, 0.2) is 0 Å². The van der Waals surface area contributed by atoms with Crippen molar-refractivity contribution < 1.29 is 13.6 Å². The number of nitrogens with zero attached hydrogens (tertiary/aromatic N) is 2. The SMILES string of the molecule is CN/C=C(\C=N)c1cc2c(cc1C(F)F)N(C(N)C1=C(NC3CCNCC3)CCN(C(C)=O)C1)CCC2. The lowest BCUT2D eigenvalue weighted by atomic mass is 9.91. The second-order valence-electron chi connectivity index (χ2n) is 10.0. The molecule has 202 valence electrons. The Morgan fingerprint density at radius 1 is 1.24 bits per heavy atom. The Labute approximate surface area is 217 Å². The van der Waals surface area contributed by atoms with Gasteiger partial charge in [-0.3, -0.25) is 4.79 Å². The summed E-state index contributed by atoms with van der Waals surface area (Å²) in [7, 11) is 1.68. The quantitative estimate of drug-likeness (QED) is 0.341. The Hall–Kier alpha value is -2.98. The standard InChI is InChI=1S/C27H39F2N7O/c1-17(37)35-11-7-24(34-20-5-8-33-9-6-20)23(16-35)27(31)36-10-3-4-18-12-21(19(14-30)15-32-2)22(26(28)29)13-25(18)36/h12-15,20,26-27,30,32-34H,3-11,16,31H2,1-2H3/b19-15+,30-14?. The molecule has 3 aliphatic heterocycles. The number of halogens is 2. The van der Waals surface area contributed by atoms with Crippen LogP contribution in [0.5, 0.6) is 0 Å². The van der Waals surface area contributed by atoms with E-state index < -0.39 is 12.6 Å². The molecular formula is C27H39F2N7O. The molecule has 4 rings (SSSR count). The second kappa shape index (κ2) is 12.0. The van der Waals surface area contributed by atoms with Gasteiger partial charge in [0.1, 0.15) is 6.17 Å². The highest BCUT2D eigenvalue weighted by atomic mass is 19.3. The number of anilines is 1. The number of carbonyl (C=O) groups excluding carboxylic acids is 1. The number of carbonyl (C=O) groups is 1. The van der Waals surface area contributed by atoms with E-state index in [2.05, 4.69) is 16.0 Å². The average Bonchev–Trinajstić information content (AvgIpc) is 2.90. The first-order valence-corrected chi connectivity index (χ1v) is 13.1. The van der Waals surface area contributed by atoms with Crippen molar-refractivity contribution in [3.8, 4) is 0 Å². The molecule has 0 bridgehead atoms. The van der Waals surface area contributed by atoms with Crippen LogP contribution >= 0.6 is 0 Å². The maximum absolute atomic E-state index is 14.2. The summed E-state index contributed by atoms with van der Waals surface area (Å²) in [5.74, 6) is 0.00443. The summed E-state index contributed by atoms with van der Waals surface area (Å²) in [4.78, 5) is 16.1. The minimum absolute atomic E-state index is 0.00443. The van der Waals surface area contributed by atoms with Crippen LogP contribution < -0.4 is 26.6 Å². The summed E-state index contributed by atoms with van der Waals surface area (Å²) in [6, 6.07) is 3.69. The van der Waals surface area contributed by atoms with E-state index in [1.807, 2.05) is 4.90 Å². The highest BCUT2D eigenvalue weighted by Crippen LogP contribution is 2.38. The number of hydrogen-bond donors (Lipinski definition) is 5. The molecule has 6 N–H and O–H groups in total. The molecule has 0 saturated carbocycles. The van der Waals surface area contributed by atoms with Gasteiger partial charge < -0.3 is 36.9 Å². The van der Waals surface area contributed by atoms with Gasteiger partial charge in [-0.05, 0) is 62.0 Å². The first-order valence-electron chi connectivity index (χ1n) is 13.1. The molecule has 1 amide bonds. The number of nitrogens with two attached hydrogens (primary N) is 1. The van der Waals surface area contributed by atoms with Crippen molar-refractivity contribution in [3.05, 3.63) is 46.3 Å². The average molecular weight is 516 g/mol. The molecule has 0 aromatic heterocycles. The normalized spacial score (nSPS) is 20.1. The van der Waals surface area contributed by atoms with Crippen molar-refractivity contribution in [1.82, 2.24) is 20.9 Å². The molecular weight excluding hydrogens is 476 g/mol. The first kappa shape index (κ1) is 27.1. The molecule has 10 heteroatoms. The van der Waals surface area contributed by atoms with Crippen molar-refractivity contribution in [2.45, 2.75) is 57.7 Å². The molecule has 37 heavy (non-hydrogen) atoms. The fourth-order valence-corrected chi connectivity index (χ4v) is 5.64. The Balaban J connectivity index is 1.72. The van der Waals surface area contributed by atoms with Gasteiger partial charge in [0.05, 0.1) is 0 Å². The molecule has 1 aromatic rings. The number of alkyl halides is 2. The maximum Gasteiger partial charge on any atom is 0.264 e. The fourth-order valence-electron chi connectivity index (χ4n) is 5.64. The Morgan fingerprint density at radius 2 is 2.00 bits per heavy atom. The third-order valence-electron chi connectivity index (χ3n) is 7.64. The smallest absolute Gasteiger partial charge is 0.264 e. The zero-order valence-corrected chi connectivity index (χ0v) is 21.7. The van der Waals surface area contributed by atoms with Crippen LogP contribution in [0.4, 0.5) is 14.5 Å². The van der Waals surface area contributed by atoms with Crippen LogP contribution in [0.15, 0.2) is 29.6 Å². The Bertz CT molecular complexity index is 1070. The number of aryl methyl sites for hydroxylation is 1. The van der Waals surface area contributed by atoms with Crippen molar-refractivity contribution in [1.29, 1.82) is 5.41 Å². The predicted octanol–water partition coefficient (Wildman–Crippen LogP) is 2.72. The molecule has 1 saturated heterocycles. The van der Waals surface area contributed by atoms with E-state index in [4.69, 9.17) is 11.1 Å². The van der Waals surface area contributed by atoms with Crippen LogP contribution in [0, 0.1) is 5.41 Å². The lowest BCUT2D eigenvalue weighted by Crippen LogP contribution is -2.52. The minimum Gasteiger partial charge on any atom is -0.393 e. The van der Waals surface area contributed by atoms with E-state index >= 15 is 0 Å². The van der Waals surface area contributed by atoms with Gasteiger partial charge in [-0.15, -0.1) is 0 Å². The van der Waals surface area contributed by atoms with Crippen LogP contribution in [0.3, 0.4) is 0 Å². The molecule has 3 heterocycles. The van der Waals surface area contributed by atoms with Gasteiger partial charge in [0, 0.05) is 86.6 Å². The van der Waals surface area contributed by atoms with Crippen LogP contribution in [0.25, 0.3) is 5.57 Å². The summed E-state index contributed by atoms with van der Waals surface area (Å²) in [5, 5.41) is 17.7. The van der Waals surface area contributed by atoms with Crippen molar-refractivity contribution in [3.63, 3.8) is 0 Å². The number of benzene rings is 1. The molecule has 1 fully saturated rings. The first-order chi connectivity index (χ1) is 17.8. The highest BCUT2D eigenvalue weighted by molar-refractivity contribution is 6.09. The van der Waals surface area contributed by atoms with Crippen LogP contribution in [0.2, 0.25) is 0 Å². The fraction of sp³-hybridized carbons (Fsp3) is 0.556. The highest BCUT2D eigenvalue weighted by Gasteiger charge is 2.32. The molecule has 0 spiro atoms. The summed E-state index contributed by atoms with van der Waals surface area (Å²) in [5.41, 5.74) is 11.3. The van der Waals surface area contributed by atoms with E-state index in [1.54, 1.807) is 37.2 Å². The van der Waals surface area contributed by atoms with Gasteiger partial charge in [-0.25, -0.2) is 8.78 Å². The predicted molar refractivity (Wildman–Crippen MR) is 144 cm³/mol. The van der Waals surface area contributed by atoms with Gasteiger partial charge in [-0.1, -0.05) is 0 Å². The Kier molecular flexibility index (Phi) is 8.81.